The smallest absolute Gasteiger partial charge is 0.142 e. The standard InChI is InChI=1S/C15H22ClFN2/c1-10(2)18-9-12-6-7-19(3)15(12)11-4-5-13(16)14(17)8-11/h4-5,8,10,12,15,18H,6-7,9H2,1-3H3. The lowest BCUT2D eigenvalue weighted by Crippen LogP contribution is -2.32. The van der Waals surface area contributed by atoms with Crippen molar-refractivity contribution in [3.63, 3.8) is 0 Å². The van der Waals surface area contributed by atoms with Crippen LogP contribution in [0, 0.1) is 11.7 Å². The van der Waals surface area contributed by atoms with Crippen LogP contribution in [0.15, 0.2) is 18.2 Å². The zero-order chi connectivity index (χ0) is 14.0. The van der Waals surface area contributed by atoms with Crippen LogP contribution in [0.25, 0.3) is 0 Å². The molecule has 0 aromatic heterocycles. The van der Waals surface area contributed by atoms with Gasteiger partial charge >= 0.3 is 0 Å². The maximum atomic E-state index is 13.6. The molecule has 0 aliphatic carbocycles. The fourth-order valence-electron chi connectivity index (χ4n) is 2.85. The van der Waals surface area contributed by atoms with Gasteiger partial charge in [0.15, 0.2) is 0 Å². The van der Waals surface area contributed by atoms with Crippen LogP contribution in [0.5, 0.6) is 0 Å². The molecule has 0 amide bonds. The average Bonchev–Trinajstić information content (AvgIpc) is 2.71. The number of halogens is 2. The van der Waals surface area contributed by atoms with E-state index in [-0.39, 0.29) is 16.9 Å². The van der Waals surface area contributed by atoms with Crippen LogP contribution < -0.4 is 5.32 Å². The number of hydrogen-bond donors (Lipinski definition) is 1. The minimum atomic E-state index is -0.324. The van der Waals surface area contributed by atoms with Crippen LogP contribution in [0.1, 0.15) is 31.9 Å². The Morgan fingerprint density at radius 3 is 2.84 bits per heavy atom. The molecule has 2 unspecified atom stereocenters. The highest BCUT2D eigenvalue weighted by Gasteiger charge is 2.33. The van der Waals surface area contributed by atoms with Gasteiger partial charge in [0.2, 0.25) is 0 Å². The molecule has 0 spiro atoms. The Morgan fingerprint density at radius 1 is 1.47 bits per heavy atom. The van der Waals surface area contributed by atoms with Gasteiger partial charge in [-0.25, -0.2) is 4.39 Å². The molecule has 2 rings (SSSR count). The van der Waals surface area contributed by atoms with Gasteiger partial charge in [0.1, 0.15) is 5.82 Å². The van der Waals surface area contributed by atoms with Crippen molar-refractivity contribution in [2.45, 2.75) is 32.4 Å². The second kappa shape index (κ2) is 6.21. The maximum absolute atomic E-state index is 13.6. The Balaban J connectivity index is 2.16. The topological polar surface area (TPSA) is 15.3 Å². The number of benzene rings is 1. The summed E-state index contributed by atoms with van der Waals surface area (Å²) in [5.74, 6) is 0.197. The predicted octanol–water partition coefficient (Wildman–Crippen LogP) is 3.47. The van der Waals surface area contributed by atoms with Crippen LogP contribution in [-0.2, 0) is 0 Å². The van der Waals surface area contributed by atoms with E-state index in [0.29, 0.717) is 12.0 Å². The van der Waals surface area contributed by atoms with E-state index in [4.69, 9.17) is 11.6 Å². The van der Waals surface area contributed by atoms with Gasteiger partial charge in [-0.05, 0) is 43.6 Å². The molecular weight excluding hydrogens is 263 g/mol. The summed E-state index contributed by atoms with van der Waals surface area (Å²) in [6.07, 6.45) is 1.14. The summed E-state index contributed by atoms with van der Waals surface area (Å²) in [5, 5.41) is 3.68. The SMILES string of the molecule is CC(C)NCC1CCN(C)C1c1ccc(Cl)c(F)c1. The first-order valence-electron chi connectivity index (χ1n) is 6.87. The molecule has 19 heavy (non-hydrogen) atoms. The largest absolute Gasteiger partial charge is 0.314 e. The molecule has 1 heterocycles. The molecule has 1 aliphatic heterocycles. The van der Waals surface area contributed by atoms with Gasteiger partial charge in [0.05, 0.1) is 5.02 Å². The lowest BCUT2D eigenvalue weighted by atomic mass is 9.93. The minimum absolute atomic E-state index is 0.196. The molecule has 4 heteroatoms. The van der Waals surface area contributed by atoms with Crippen LogP contribution in [0.3, 0.4) is 0 Å². The highest BCUT2D eigenvalue weighted by atomic mass is 35.5. The van der Waals surface area contributed by atoms with Crippen LogP contribution in [-0.4, -0.2) is 31.1 Å². The molecule has 0 saturated carbocycles. The molecule has 2 atom stereocenters. The molecule has 0 bridgehead atoms. The van der Waals surface area contributed by atoms with E-state index in [1.54, 1.807) is 12.1 Å². The van der Waals surface area contributed by atoms with Crippen LogP contribution in [0.2, 0.25) is 5.02 Å². The monoisotopic (exact) mass is 284 g/mol. The Morgan fingerprint density at radius 2 is 2.21 bits per heavy atom. The first-order valence-corrected chi connectivity index (χ1v) is 7.25. The molecule has 1 aromatic carbocycles. The van der Waals surface area contributed by atoms with Crippen molar-refractivity contribution in [3.05, 3.63) is 34.6 Å². The van der Waals surface area contributed by atoms with Gasteiger partial charge in [0.25, 0.3) is 0 Å². The normalized spacial score (nSPS) is 24.3. The van der Waals surface area contributed by atoms with Crippen molar-refractivity contribution in [1.82, 2.24) is 10.2 Å². The Labute approximate surface area is 119 Å². The number of nitrogens with zero attached hydrogens (tertiary/aromatic N) is 1. The fraction of sp³-hybridized carbons (Fsp3) is 0.600. The summed E-state index contributed by atoms with van der Waals surface area (Å²) >= 11 is 5.76. The molecule has 106 valence electrons. The van der Waals surface area contributed by atoms with E-state index >= 15 is 0 Å². The summed E-state index contributed by atoms with van der Waals surface area (Å²) in [7, 11) is 2.10. The van der Waals surface area contributed by atoms with Crippen molar-refractivity contribution in [2.75, 3.05) is 20.1 Å². The molecule has 1 N–H and O–H groups in total. The molecule has 2 nitrogen and oxygen atoms in total. The lowest BCUT2D eigenvalue weighted by molar-refractivity contribution is 0.269. The zero-order valence-electron chi connectivity index (χ0n) is 11.8. The number of likely N-dealkylation sites (tertiary alicyclic amines) is 1. The van der Waals surface area contributed by atoms with Crippen molar-refractivity contribution in [3.8, 4) is 0 Å². The molecule has 1 aromatic rings. The number of nitrogens with one attached hydrogen (secondary N) is 1. The number of hydrogen-bond acceptors (Lipinski definition) is 2. The predicted molar refractivity (Wildman–Crippen MR) is 78.0 cm³/mol. The lowest BCUT2D eigenvalue weighted by Gasteiger charge is -2.26. The molecule has 1 saturated heterocycles. The van der Waals surface area contributed by atoms with Crippen molar-refractivity contribution in [1.29, 1.82) is 0 Å². The maximum Gasteiger partial charge on any atom is 0.142 e. The first kappa shape index (κ1) is 14.8. The minimum Gasteiger partial charge on any atom is -0.314 e. The summed E-state index contributed by atoms with van der Waals surface area (Å²) in [5.41, 5.74) is 1.03. The van der Waals surface area contributed by atoms with Crippen molar-refractivity contribution in [2.24, 2.45) is 5.92 Å². The zero-order valence-corrected chi connectivity index (χ0v) is 12.5. The highest BCUT2D eigenvalue weighted by molar-refractivity contribution is 6.30. The van der Waals surface area contributed by atoms with Gasteiger partial charge in [-0.15, -0.1) is 0 Å². The third-order valence-corrected chi connectivity index (χ3v) is 4.15. The Bertz CT molecular complexity index is 436. The third kappa shape index (κ3) is 3.47. The quantitative estimate of drug-likeness (QED) is 0.911. The van der Waals surface area contributed by atoms with E-state index < -0.39 is 0 Å². The summed E-state index contributed by atoms with van der Waals surface area (Å²) in [4.78, 5) is 2.30. The van der Waals surface area contributed by atoms with Gasteiger partial charge in [-0.2, -0.15) is 0 Å². The van der Waals surface area contributed by atoms with E-state index in [1.165, 1.54) is 0 Å². The van der Waals surface area contributed by atoms with E-state index in [2.05, 4.69) is 31.1 Å². The van der Waals surface area contributed by atoms with Gasteiger partial charge < -0.3 is 5.32 Å². The summed E-state index contributed by atoms with van der Waals surface area (Å²) in [6.45, 7) is 6.32. The van der Waals surface area contributed by atoms with Crippen LogP contribution in [0.4, 0.5) is 4.39 Å². The molecule has 1 aliphatic rings. The first-order chi connectivity index (χ1) is 8.99. The molecule has 0 radical (unpaired) electrons. The highest BCUT2D eigenvalue weighted by Crippen LogP contribution is 2.36. The fourth-order valence-corrected chi connectivity index (χ4v) is 2.97. The molecule has 1 fully saturated rings. The van der Waals surface area contributed by atoms with Gasteiger partial charge in [-0.3, -0.25) is 4.90 Å². The summed E-state index contributed by atoms with van der Waals surface area (Å²) < 4.78 is 13.6. The second-order valence-electron chi connectivity index (χ2n) is 5.71. The second-order valence-corrected chi connectivity index (χ2v) is 6.12. The number of rotatable bonds is 4. The Kier molecular flexibility index (Phi) is 4.82. The van der Waals surface area contributed by atoms with Gasteiger partial charge in [0, 0.05) is 18.6 Å². The van der Waals surface area contributed by atoms with E-state index in [9.17, 15) is 4.39 Å². The van der Waals surface area contributed by atoms with Crippen molar-refractivity contribution < 1.29 is 4.39 Å². The Hall–Kier alpha value is -0.640. The van der Waals surface area contributed by atoms with Crippen LogP contribution >= 0.6 is 11.6 Å². The summed E-state index contributed by atoms with van der Waals surface area (Å²) in [6, 6.07) is 5.94. The van der Waals surface area contributed by atoms with Crippen molar-refractivity contribution >= 4 is 11.6 Å². The van der Waals surface area contributed by atoms with E-state index in [1.807, 2.05) is 6.07 Å². The van der Waals surface area contributed by atoms with E-state index in [0.717, 1.165) is 25.1 Å². The molecular formula is C15H22ClFN2. The van der Waals surface area contributed by atoms with Gasteiger partial charge in [-0.1, -0.05) is 31.5 Å². The average molecular weight is 285 g/mol. The third-order valence-electron chi connectivity index (χ3n) is 3.85.